The van der Waals surface area contributed by atoms with Gasteiger partial charge in [0.1, 0.15) is 12.6 Å². The van der Waals surface area contributed by atoms with E-state index in [9.17, 15) is 9.18 Å². The minimum absolute atomic E-state index is 0.0235. The van der Waals surface area contributed by atoms with E-state index in [1.54, 1.807) is 26.1 Å². The van der Waals surface area contributed by atoms with Crippen molar-refractivity contribution in [2.45, 2.75) is 19.9 Å². The fourth-order valence-corrected chi connectivity index (χ4v) is 1.41. The summed E-state index contributed by atoms with van der Waals surface area (Å²) in [5, 5.41) is 2.77. The van der Waals surface area contributed by atoms with E-state index in [1.807, 2.05) is 6.92 Å². The number of esters is 1. The number of nitrogens with one attached hydrogen (secondary N) is 1. The fourth-order valence-electron chi connectivity index (χ4n) is 1.41. The van der Waals surface area contributed by atoms with E-state index < -0.39 is 17.8 Å². The first kappa shape index (κ1) is 14.4. The lowest BCUT2D eigenvalue weighted by Gasteiger charge is -2.16. The SMILES string of the molecule is CCOC(=O)C(COc1cc(C)ccc1F)NC. The highest BCUT2D eigenvalue weighted by Gasteiger charge is 2.19. The standard InChI is InChI=1S/C13H18FNO3/c1-4-17-13(16)11(15-3)8-18-12-7-9(2)5-6-10(12)14/h5-7,11,15H,4,8H2,1-3H3. The van der Waals surface area contributed by atoms with Crippen molar-refractivity contribution in [1.82, 2.24) is 5.32 Å². The Labute approximate surface area is 106 Å². The molecule has 0 fully saturated rings. The quantitative estimate of drug-likeness (QED) is 0.785. The van der Waals surface area contributed by atoms with Gasteiger partial charge in [-0.2, -0.15) is 0 Å². The Balaban J connectivity index is 2.62. The summed E-state index contributed by atoms with van der Waals surface area (Å²) in [6, 6.07) is 3.98. The van der Waals surface area contributed by atoms with Crippen LogP contribution in [0.5, 0.6) is 5.75 Å². The van der Waals surface area contributed by atoms with Crippen LogP contribution >= 0.6 is 0 Å². The van der Waals surface area contributed by atoms with Gasteiger partial charge in [0.25, 0.3) is 0 Å². The van der Waals surface area contributed by atoms with E-state index >= 15 is 0 Å². The van der Waals surface area contributed by atoms with Gasteiger partial charge < -0.3 is 14.8 Å². The molecular weight excluding hydrogens is 237 g/mol. The minimum Gasteiger partial charge on any atom is -0.488 e. The van der Waals surface area contributed by atoms with Gasteiger partial charge in [-0.1, -0.05) is 6.07 Å². The first-order valence-electron chi connectivity index (χ1n) is 5.81. The molecule has 0 saturated heterocycles. The Morgan fingerprint density at radius 1 is 1.50 bits per heavy atom. The van der Waals surface area contributed by atoms with Gasteiger partial charge in [0.05, 0.1) is 6.61 Å². The van der Waals surface area contributed by atoms with Crippen molar-refractivity contribution in [3.8, 4) is 5.75 Å². The van der Waals surface area contributed by atoms with Crippen LogP contribution in [0.25, 0.3) is 0 Å². The molecule has 18 heavy (non-hydrogen) atoms. The molecule has 0 heterocycles. The van der Waals surface area contributed by atoms with Gasteiger partial charge in [0.2, 0.25) is 0 Å². The normalized spacial score (nSPS) is 12.0. The number of hydrogen-bond acceptors (Lipinski definition) is 4. The first-order valence-corrected chi connectivity index (χ1v) is 5.81. The van der Waals surface area contributed by atoms with Gasteiger partial charge in [0.15, 0.2) is 11.6 Å². The molecule has 0 aliphatic heterocycles. The van der Waals surface area contributed by atoms with Gasteiger partial charge in [-0.15, -0.1) is 0 Å². The summed E-state index contributed by atoms with van der Waals surface area (Å²) in [5.74, 6) is -0.716. The second-order valence-electron chi connectivity index (χ2n) is 3.84. The molecule has 5 heteroatoms. The number of rotatable bonds is 6. The van der Waals surface area contributed by atoms with Crippen molar-refractivity contribution in [3.63, 3.8) is 0 Å². The number of hydrogen-bond donors (Lipinski definition) is 1. The van der Waals surface area contributed by atoms with Crippen LogP contribution in [0.3, 0.4) is 0 Å². The molecule has 4 nitrogen and oxygen atoms in total. The van der Waals surface area contributed by atoms with E-state index in [4.69, 9.17) is 9.47 Å². The van der Waals surface area contributed by atoms with Gasteiger partial charge in [-0.3, -0.25) is 4.79 Å². The van der Waals surface area contributed by atoms with Crippen molar-refractivity contribution in [1.29, 1.82) is 0 Å². The molecule has 1 unspecified atom stereocenters. The number of aryl methyl sites for hydroxylation is 1. The van der Waals surface area contributed by atoms with Gasteiger partial charge in [-0.05, 0) is 38.6 Å². The van der Waals surface area contributed by atoms with Crippen LogP contribution in [0.4, 0.5) is 4.39 Å². The molecular formula is C13H18FNO3. The second-order valence-corrected chi connectivity index (χ2v) is 3.84. The highest BCUT2D eigenvalue weighted by molar-refractivity contribution is 5.75. The topological polar surface area (TPSA) is 47.6 Å². The molecule has 0 aliphatic rings. The number of halogens is 1. The summed E-state index contributed by atoms with van der Waals surface area (Å²) in [6.45, 7) is 3.89. The maximum Gasteiger partial charge on any atom is 0.326 e. The lowest BCUT2D eigenvalue weighted by atomic mass is 10.2. The summed E-state index contributed by atoms with van der Waals surface area (Å²) in [7, 11) is 1.62. The molecule has 1 aromatic rings. The molecule has 1 rings (SSSR count). The predicted molar refractivity (Wildman–Crippen MR) is 66.1 cm³/mol. The van der Waals surface area contributed by atoms with Gasteiger partial charge >= 0.3 is 5.97 Å². The third-order valence-corrected chi connectivity index (χ3v) is 2.41. The van der Waals surface area contributed by atoms with Crippen LogP contribution in [0.15, 0.2) is 18.2 Å². The zero-order valence-electron chi connectivity index (χ0n) is 10.8. The Hall–Kier alpha value is -1.62. The Morgan fingerprint density at radius 3 is 2.83 bits per heavy atom. The van der Waals surface area contributed by atoms with Crippen molar-refractivity contribution in [2.24, 2.45) is 0 Å². The number of carbonyl (C=O) groups is 1. The molecule has 100 valence electrons. The van der Waals surface area contributed by atoms with E-state index in [2.05, 4.69) is 5.32 Å². The predicted octanol–water partition coefficient (Wildman–Crippen LogP) is 1.66. The highest BCUT2D eigenvalue weighted by Crippen LogP contribution is 2.18. The van der Waals surface area contributed by atoms with Crippen LogP contribution in [-0.4, -0.2) is 32.3 Å². The molecule has 0 spiro atoms. The molecule has 1 atom stereocenters. The lowest BCUT2D eigenvalue weighted by Crippen LogP contribution is -2.40. The maximum atomic E-state index is 13.4. The van der Waals surface area contributed by atoms with Gasteiger partial charge in [-0.25, -0.2) is 4.39 Å². The average molecular weight is 255 g/mol. The molecule has 0 radical (unpaired) electrons. The Kier molecular flexibility index (Phi) is 5.58. The fraction of sp³-hybridized carbons (Fsp3) is 0.462. The Morgan fingerprint density at radius 2 is 2.22 bits per heavy atom. The van der Waals surface area contributed by atoms with E-state index in [-0.39, 0.29) is 12.4 Å². The number of carbonyl (C=O) groups excluding carboxylic acids is 1. The zero-order chi connectivity index (χ0) is 13.5. The van der Waals surface area contributed by atoms with Crippen molar-refractivity contribution < 1.29 is 18.7 Å². The van der Waals surface area contributed by atoms with Crippen molar-refractivity contribution >= 4 is 5.97 Å². The molecule has 1 aromatic carbocycles. The van der Waals surface area contributed by atoms with Gasteiger partial charge in [0, 0.05) is 0 Å². The van der Waals surface area contributed by atoms with E-state index in [0.29, 0.717) is 6.61 Å². The minimum atomic E-state index is -0.607. The third kappa shape index (κ3) is 4.00. The summed E-state index contributed by atoms with van der Waals surface area (Å²) in [6.07, 6.45) is 0. The summed E-state index contributed by atoms with van der Waals surface area (Å²) >= 11 is 0. The van der Waals surface area contributed by atoms with E-state index in [1.165, 1.54) is 6.07 Å². The summed E-state index contributed by atoms with van der Waals surface area (Å²) in [4.78, 5) is 11.5. The number of likely N-dealkylation sites (N-methyl/N-ethyl adjacent to an activating group) is 1. The second kappa shape index (κ2) is 6.96. The summed E-state index contributed by atoms with van der Waals surface area (Å²) < 4.78 is 23.6. The van der Waals surface area contributed by atoms with Crippen molar-refractivity contribution in [3.05, 3.63) is 29.6 Å². The molecule has 0 aromatic heterocycles. The highest BCUT2D eigenvalue weighted by atomic mass is 19.1. The number of ether oxygens (including phenoxy) is 2. The largest absolute Gasteiger partial charge is 0.488 e. The third-order valence-electron chi connectivity index (χ3n) is 2.41. The number of benzene rings is 1. The average Bonchev–Trinajstić information content (AvgIpc) is 2.34. The summed E-state index contributed by atoms with van der Waals surface area (Å²) in [5.41, 5.74) is 0.892. The van der Waals surface area contributed by atoms with E-state index in [0.717, 1.165) is 5.56 Å². The first-order chi connectivity index (χ1) is 8.58. The van der Waals surface area contributed by atoms with Crippen LogP contribution < -0.4 is 10.1 Å². The van der Waals surface area contributed by atoms with Crippen LogP contribution in [-0.2, 0) is 9.53 Å². The molecule has 0 aliphatic carbocycles. The molecule has 0 amide bonds. The molecule has 0 saturated carbocycles. The molecule has 1 N–H and O–H groups in total. The zero-order valence-corrected chi connectivity index (χ0v) is 10.8. The van der Waals surface area contributed by atoms with Crippen molar-refractivity contribution in [2.75, 3.05) is 20.3 Å². The Bertz CT molecular complexity index is 409. The molecule has 0 bridgehead atoms. The van der Waals surface area contributed by atoms with Crippen LogP contribution in [0, 0.1) is 12.7 Å². The maximum absolute atomic E-state index is 13.4. The smallest absolute Gasteiger partial charge is 0.326 e. The monoisotopic (exact) mass is 255 g/mol. The van der Waals surface area contributed by atoms with Crippen LogP contribution in [0.1, 0.15) is 12.5 Å². The lowest BCUT2D eigenvalue weighted by molar-refractivity contribution is -0.146. The van der Waals surface area contributed by atoms with Crippen LogP contribution in [0.2, 0.25) is 0 Å².